The number of fused-ring (bicyclic) bond motifs is 1. The van der Waals surface area contributed by atoms with Crippen molar-refractivity contribution in [3.8, 4) is 0 Å². The topological polar surface area (TPSA) is 40.0 Å². The maximum Gasteiger partial charge on any atom is 0.296 e. The summed E-state index contributed by atoms with van der Waals surface area (Å²) in [6.45, 7) is 7.32. The minimum Gasteiger partial charge on any atom is -0.401 e. The van der Waals surface area contributed by atoms with Crippen LogP contribution in [0.3, 0.4) is 0 Å². The Hall–Kier alpha value is -2.09. The molecule has 2 aliphatic rings. The van der Waals surface area contributed by atoms with Crippen molar-refractivity contribution < 1.29 is 22.8 Å². The standard InChI is InChI=1S/C24H29F2NO3Si/c1-17-21-20(30-27-17)15-28-22(21)24(25,26)16-29-31(23(2,3)4,18-11-7-5-8-12-18)19-13-9-6-10-14-19/h5-14,20-22H,15-16H2,1-4H3/t20-,21-,22-/m1/s1. The first kappa shape index (κ1) is 22.1. The molecule has 0 amide bonds. The lowest BCUT2D eigenvalue weighted by Gasteiger charge is -2.44. The number of oxime groups is 1. The molecule has 0 bridgehead atoms. The van der Waals surface area contributed by atoms with E-state index in [1.165, 1.54) is 0 Å². The minimum atomic E-state index is -3.18. The third kappa shape index (κ3) is 3.83. The van der Waals surface area contributed by atoms with Crippen molar-refractivity contribution in [2.75, 3.05) is 13.2 Å². The van der Waals surface area contributed by atoms with Crippen molar-refractivity contribution in [1.82, 2.24) is 0 Å². The number of nitrogens with zero attached hydrogens (tertiary/aromatic N) is 1. The van der Waals surface area contributed by atoms with E-state index in [0.29, 0.717) is 5.71 Å². The maximum atomic E-state index is 15.6. The molecular weight excluding hydrogens is 416 g/mol. The predicted molar refractivity (Wildman–Crippen MR) is 120 cm³/mol. The van der Waals surface area contributed by atoms with Gasteiger partial charge in [-0.2, -0.15) is 0 Å². The molecule has 1 fully saturated rings. The number of alkyl halides is 2. The van der Waals surface area contributed by atoms with Gasteiger partial charge in [0.1, 0.15) is 12.7 Å². The van der Waals surface area contributed by atoms with Gasteiger partial charge in [-0.3, -0.25) is 0 Å². The monoisotopic (exact) mass is 445 g/mol. The van der Waals surface area contributed by atoms with Gasteiger partial charge in [-0.25, -0.2) is 8.78 Å². The third-order valence-electron chi connectivity index (χ3n) is 6.30. The van der Waals surface area contributed by atoms with Crippen molar-refractivity contribution in [2.24, 2.45) is 11.1 Å². The van der Waals surface area contributed by atoms with Crippen molar-refractivity contribution >= 4 is 24.4 Å². The van der Waals surface area contributed by atoms with E-state index in [2.05, 4.69) is 25.9 Å². The molecule has 0 N–H and O–H groups in total. The maximum absolute atomic E-state index is 15.6. The normalized spacial score (nSPS) is 23.9. The van der Waals surface area contributed by atoms with Crippen LogP contribution >= 0.6 is 0 Å². The van der Waals surface area contributed by atoms with Crippen molar-refractivity contribution in [3.05, 3.63) is 60.7 Å². The summed E-state index contributed by atoms with van der Waals surface area (Å²) in [5, 5.41) is 5.46. The molecule has 2 aromatic carbocycles. The number of hydrogen-bond acceptors (Lipinski definition) is 4. The quantitative estimate of drug-likeness (QED) is 0.632. The minimum absolute atomic E-state index is 0.116. The van der Waals surface area contributed by atoms with E-state index < -0.39 is 39.0 Å². The summed E-state index contributed by atoms with van der Waals surface area (Å²) in [5.41, 5.74) is 0.553. The van der Waals surface area contributed by atoms with Gasteiger partial charge in [0.2, 0.25) is 0 Å². The first-order chi connectivity index (χ1) is 14.7. The second kappa shape index (κ2) is 8.11. The SMILES string of the molecule is CC1=NO[C@@H]2CO[C@@H](C(F)(F)CO[Si](c3ccccc3)(c3ccccc3)C(C)(C)C)[C@H]12. The fraction of sp³-hybridized carbons (Fsp3) is 0.458. The van der Waals surface area contributed by atoms with Crippen LogP contribution in [0, 0.1) is 5.92 Å². The molecule has 166 valence electrons. The van der Waals surface area contributed by atoms with Crippen LogP contribution < -0.4 is 10.4 Å². The van der Waals surface area contributed by atoms with Gasteiger partial charge < -0.3 is 14.0 Å². The molecule has 0 unspecified atom stereocenters. The summed E-state index contributed by atoms with van der Waals surface area (Å²) >= 11 is 0. The molecule has 2 aromatic rings. The highest BCUT2D eigenvalue weighted by atomic mass is 28.4. The number of halogens is 2. The lowest BCUT2D eigenvalue weighted by atomic mass is 9.91. The van der Waals surface area contributed by atoms with Crippen molar-refractivity contribution in [3.63, 3.8) is 0 Å². The second-order valence-corrected chi connectivity index (χ2v) is 13.7. The van der Waals surface area contributed by atoms with Crippen molar-refractivity contribution in [1.29, 1.82) is 0 Å². The van der Waals surface area contributed by atoms with E-state index in [0.717, 1.165) is 10.4 Å². The molecule has 1 saturated heterocycles. The highest BCUT2D eigenvalue weighted by Gasteiger charge is 2.58. The molecule has 0 aromatic heterocycles. The van der Waals surface area contributed by atoms with Crippen LogP contribution in [-0.4, -0.2) is 45.4 Å². The second-order valence-electron chi connectivity index (χ2n) is 9.37. The van der Waals surface area contributed by atoms with Gasteiger partial charge in [0, 0.05) is 0 Å². The van der Waals surface area contributed by atoms with Gasteiger partial charge in [-0.05, 0) is 22.3 Å². The average Bonchev–Trinajstić information content (AvgIpc) is 3.32. The van der Waals surface area contributed by atoms with E-state index in [1.807, 2.05) is 60.7 Å². The number of rotatable bonds is 6. The third-order valence-corrected chi connectivity index (χ3v) is 11.3. The fourth-order valence-corrected chi connectivity index (χ4v) is 9.39. The zero-order chi connectivity index (χ0) is 22.3. The Morgan fingerprint density at radius 3 is 2.06 bits per heavy atom. The largest absolute Gasteiger partial charge is 0.401 e. The number of hydrogen-bond donors (Lipinski definition) is 0. The summed E-state index contributed by atoms with van der Waals surface area (Å²) in [7, 11) is -3.06. The molecule has 31 heavy (non-hydrogen) atoms. The molecule has 0 spiro atoms. The van der Waals surface area contributed by atoms with Gasteiger partial charge in [-0.1, -0.05) is 86.6 Å². The van der Waals surface area contributed by atoms with Gasteiger partial charge >= 0.3 is 0 Å². The summed E-state index contributed by atoms with van der Waals surface area (Å²) in [5.74, 6) is -3.73. The molecule has 4 nitrogen and oxygen atoms in total. The van der Waals surface area contributed by atoms with E-state index in [4.69, 9.17) is 14.0 Å². The summed E-state index contributed by atoms with van der Waals surface area (Å²) in [6.07, 6.45) is -1.74. The molecule has 0 aliphatic carbocycles. The first-order valence-electron chi connectivity index (χ1n) is 10.6. The Bertz CT molecular complexity index is 891. The van der Waals surface area contributed by atoms with E-state index >= 15 is 8.78 Å². The van der Waals surface area contributed by atoms with Crippen molar-refractivity contribution in [2.45, 2.75) is 50.9 Å². The van der Waals surface area contributed by atoms with Gasteiger partial charge in [0.25, 0.3) is 14.2 Å². The summed E-state index contributed by atoms with van der Waals surface area (Å²) in [6, 6.07) is 19.6. The van der Waals surface area contributed by atoms with Gasteiger partial charge in [-0.15, -0.1) is 0 Å². The van der Waals surface area contributed by atoms with Crippen LogP contribution in [-0.2, 0) is 14.0 Å². The van der Waals surface area contributed by atoms with Crippen LogP contribution in [0.25, 0.3) is 0 Å². The Morgan fingerprint density at radius 2 is 1.55 bits per heavy atom. The van der Waals surface area contributed by atoms with E-state index in [1.54, 1.807) is 6.92 Å². The van der Waals surface area contributed by atoms with E-state index in [9.17, 15) is 0 Å². The van der Waals surface area contributed by atoms with Crippen LogP contribution in [0.5, 0.6) is 0 Å². The Morgan fingerprint density at radius 1 is 1.00 bits per heavy atom. The zero-order valence-electron chi connectivity index (χ0n) is 18.3. The van der Waals surface area contributed by atoms with E-state index in [-0.39, 0.29) is 11.6 Å². The molecular formula is C24H29F2NO3Si. The fourth-order valence-electron chi connectivity index (χ4n) is 4.83. The smallest absolute Gasteiger partial charge is 0.296 e. The Labute approximate surface area is 183 Å². The summed E-state index contributed by atoms with van der Waals surface area (Å²) in [4.78, 5) is 5.25. The van der Waals surface area contributed by atoms with Gasteiger partial charge in [0.15, 0.2) is 6.10 Å². The molecule has 0 radical (unpaired) electrons. The van der Waals surface area contributed by atoms with Gasteiger partial charge in [0.05, 0.1) is 18.2 Å². The van der Waals surface area contributed by atoms with Crippen LogP contribution in [0.15, 0.2) is 65.8 Å². The highest BCUT2D eigenvalue weighted by Crippen LogP contribution is 2.41. The lowest BCUT2D eigenvalue weighted by molar-refractivity contribution is -0.143. The summed E-state index contributed by atoms with van der Waals surface area (Å²) < 4.78 is 43.1. The Balaban J connectivity index is 1.71. The van der Waals surface area contributed by atoms with Crippen LogP contribution in [0.2, 0.25) is 5.04 Å². The lowest BCUT2D eigenvalue weighted by Crippen LogP contribution is -2.67. The molecule has 0 saturated carbocycles. The zero-order valence-corrected chi connectivity index (χ0v) is 19.3. The van der Waals surface area contributed by atoms with Crippen LogP contribution in [0.4, 0.5) is 8.78 Å². The molecule has 3 atom stereocenters. The average molecular weight is 446 g/mol. The predicted octanol–water partition coefficient (Wildman–Crippen LogP) is 3.99. The first-order valence-corrected chi connectivity index (χ1v) is 12.5. The molecule has 2 heterocycles. The highest BCUT2D eigenvalue weighted by molar-refractivity contribution is 6.99. The molecule has 4 rings (SSSR count). The number of benzene rings is 2. The number of ether oxygens (including phenoxy) is 1. The molecule has 7 heteroatoms. The molecule has 2 aliphatic heterocycles. The Kier molecular flexibility index (Phi) is 5.79. The van der Waals surface area contributed by atoms with Crippen LogP contribution in [0.1, 0.15) is 27.7 Å².